The average molecular weight is 193 g/mol. The third-order valence-corrected chi connectivity index (χ3v) is 1.55. The minimum atomic E-state index is -0.363. The van der Waals surface area contributed by atoms with Gasteiger partial charge in [0, 0.05) is 11.6 Å². The number of nitrogens with two attached hydrogens (primary N) is 1. The van der Waals surface area contributed by atoms with Gasteiger partial charge in [-0.3, -0.25) is 0 Å². The quantitative estimate of drug-likeness (QED) is 0.686. The fourth-order valence-electron chi connectivity index (χ4n) is 0.950. The molecule has 1 aromatic rings. The molecule has 0 amide bonds. The summed E-state index contributed by atoms with van der Waals surface area (Å²) in [6, 6.07) is 4.09. The standard InChI is InChI=1S/C11H12FNO/c1-8(13)3-4-9-5-10(12)7-11(6-9)14-2/h5-8H,13H2,1-2H3. The molecule has 0 aliphatic rings. The maximum Gasteiger partial charge on any atom is 0.128 e. The molecule has 74 valence electrons. The highest BCUT2D eigenvalue weighted by Crippen LogP contribution is 2.14. The average Bonchev–Trinajstić information content (AvgIpc) is 2.14. The van der Waals surface area contributed by atoms with Crippen LogP contribution in [0, 0.1) is 17.7 Å². The van der Waals surface area contributed by atoms with Crippen LogP contribution >= 0.6 is 0 Å². The minimum Gasteiger partial charge on any atom is -0.497 e. The zero-order valence-corrected chi connectivity index (χ0v) is 8.17. The Morgan fingerprint density at radius 1 is 1.43 bits per heavy atom. The highest BCUT2D eigenvalue weighted by Gasteiger charge is 1.98. The molecule has 0 heterocycles. The van der Waals surface area contributed by atoms with Crippen molar-refractivity contribution in [2.75, 3.05) is 7.11 Å². The Balaban J connectivity index is 2.99. The molecule has 0 radical (unpaired) electrons. The molecule has 0 fully saturated rings. The lowest BCUT2D eigenvalue weighted by Crippen LogP contribution is -2.10. The Morgan fingerprint density at radius 3 is 2.71 bits per heavy atom. The van der Waals surface area contributed by atoms with Crippen LogP contribution in [-0.2, 0) is 0 Å². The lowest BCUT2D eigenvalue weighted by atomic mass is 10.2. The molecule has 1 aromatic carbocycles. The van der Waals surface area contributed by atoms with Crippen LogP contribution in [0.5, 0.6) is 5.75 Å². The second-order valence-electron chi connectivity index (χ2n) is 2.94. The van der Waals surface area contributed by atoms with E-state index < -0.39 is 0 Å². The Kier molecular flexibility index (Phi) is 3.49. The van der Waals surface area contributed by atoms with Crippen LogP contribution in [0.4, 0.5) is 4.39 Å². The van der Waals surface area contributed by atoms with E-state index >= 15 is 0 Å². The van der Waals surface area contributed by atoms with Crippen molar-refractivity contribution in [3.8, 4) is 17.6 Å². The predicted molar refractivity (Wildman–Crippen MR) is 53.5 cm³/mol. The predicted octanol–water partition coefficient (Wildman–Crippen LogP) is 1.53. The molecule has 14 heavy (non-hydrogen) atoms. The van der Waals surface area contributed by atoms with Crippen molar-refractivity contribution in [1.29, 1.82) is 0 Å². The van der Waals surface area contributed by atoms with Crippen LogP contribution < -0.4 is 10.5 Å². The molecule has 0 saturated carbocycles. The normalized spacial score (nSPS) is 11.4. The first-order valence-corrected chi connectivity index (χ1v) is 4.23. The van der Waals surface area contributed by atoms with Gasteiger partial charge in [-0.15, -0.1) is 0 Å². The third-order valence-electron chi connectivity index (χ3n) is 1.55. The van der Waals surface area contributed by atoms with Gasteiger partial charge in [0.1, 0.15) is 11.6 Å². The Morgan fingerprint density at radius 2 is 2.14 bits per heavy atom. The topological polar surface area (TPSA) is 35.2 Å². The number of methoxy groups -OCH3 is 1. The summed E-state index contributed by atoms with van der Waals surface area (Å²) in [5.74, 6) is 5.61. The van der Waals surface area contributed by atoms with Crippen LogP contribution in [-0.4, -0.2) is 13.2 Å². The van der Waals surface area contributed by atoms with Gasteiger partial charge in [-0.25, -0.2) is 4.39 Å². The van der Waals surface area contributed by atoms with Crippen molar-refractivity contribution in [3.05, 3.63) is 29.6 Å². The first-order valence-electron chi connectivity index (χ1n) is 4.23. The molecule has 2 N–H and O–H groups in total. The monoisotopic (exact) mass is 193 g/mol. The summed E-state index contributed by atoms with van der Waals surface area (Å²) in [6.45, 7) is 1.77. The van der Waals surface area contributed by atoms with Crippen LogP contribution in [0.3, 0.4) is 0 Å². The SMILES string of the molecule is COc1cc(F)cc(C#CC(C)N)c1. The van der Waals surface area contributed by atoms with Crippen molar-refractivity contribution >= 4 is 0 Å². The molecule has 0 aliphatic heterocycles. The number of rotatable bonds is 1. The van der Waals surface area contributed by atoms with Gasteiger partial charge in [0.15, 0.2) is 0 Å². The molecule has 0 spiro atoms. The Bertz CT molecular complexity index is 377. The van der Waals surface area contributed by atoms with Gasteiger partial charge in [0.05, 0.1) is 13.2 Å². The number of halogens is 1. The largest absolute Gasteiger partial charge is 0.497 e. The molecule has 0 aromatic heterocycles. The lowest BCUT2D eigenvalue weighted by molar-refractivity contribution is 0.411. The fourth-order valence-corrected chi connectivity index (χ4v) is 0.950. The van der Waals surface area contributed by atoms with E-state index in [9.17, 15) is 4.39 Å². The summed E-state index contributed by atoms with van der Waals surface area (Å²) in [6.07, 6.45) is 0. The Hall–Kier alpha value is -1.53. The van der Waals surface area contributed by atoms with Crippen molar-refractivity contribution in [1.82, 2.24) is 0 Å². The molecule has 0 saturated heterocycles. The van der Waals surface area contributed by atoms with Crippen LogP contribution in [0.15, 0.2) is 18.2 Å². The van der Waals surface area contributed by atoms with Gasteiger partial charge in [0.2, 0.25) is 0 Å². The van der Waals surface area contributed by atoms with Crippen LogP contribution in [0.1, 0.15) is 12.5 Å². The van der Waals surface area contributed by atoms with E-state index in [1.807, 2.05) is 0 Å². The molecule has 2 nitrogen and oxygen atoms in total. The van der Waals surface area contributed by atoms with Gasteiger partial charge < -0.3 is 10.5 Å². The number of hydrogen-bond donors (Lipinski definition) is 1. The van der Waals surface area contributed by atoms with E-state index in [0.717, 1.165) is 0 Å². The molecule has 3 heteroatoms. The van der Waals surface area contributed by atoms with Crippen molar-refractivity contribution < 1.29 is 9.13 Å². The first-order chi connectivity index (χ1) is 6.61. The molecular formula is C11H12FNO. The zero-order valence-electron chi connectivity index (χ0n) is 8.17. The maximum absolute atomic E-state index is 13.0. The van der Waals surface area contributed by atoms with E-state index in [2.05, 4.69) is 11.8 Å². The minimum absolute atomic E-state index is 0.218. The van der Waals surface area contributed by atoms with Gasteiger partial charge in [-0.1, -0.05) is 11.8 Å². The highest BCUT2D eigenvalue weighted by molar-refractivity contribution is 5.40. The van der Waals surface area contributed by atoms with Crippen LogP contribution in [0.2, 0.25) is 0 Å². The third kappa shape index (κ3) is 3.08. The molecule has 0 aliphatic carbocycles. The van der Waals surface area contributed by atoms with E-state index in [1.54, 1.807) is 13.0 Å². The van der Waals surface area contributed by atoms with E-state index in [4.69, 9.17) is 10.5 Å². The van der Waals surface area contributed by atoms with E-state index in [0.29, 0.717) is 11.3 Å². The highest BCUT2D eigenvalue weighted by atomic mass is 19.1. The smallest absolute Gasteiger partial charge is 0.128 e. The molecule has 1 rings (SSSR count). The number of ether oxygens (including phenoxy) is 1. The molecule has 1 unspecified atom stereocenters. The lowest BCUT2D eigenvalue weighted by Gasteiger charge is -2.00. The summed E-state index contributed by atoms with van der Waals surface area (Å²) in [5.41, 5.74) is 6.02. The first kappa shape index (κ1) is 10.6. The Labute approximate surface area is 82.9 Å². The molecule has 0 bridgehead atoms. The van der Waals surface area contributed by atoms with Crippen LogP contribution in [0.25, 0.3) is 0 Å². The maximum atomic E-state index is 13.0. The summed E-state index contributed by atoms with van der Waals surface area (Å²) < 4.78 is 17.9. The second kappa shape index (κ2) is 4.64. The van der Waals surface area contributed by atoms with Gasteiger partial charge in [-0.05, 0) is 19.1 Å². The van der Waals surface area contributed by atoms with Crippen molar-refractivity contribution in [2.45, 2.75) is 13.0 Å². The fraction of sp³-hybridized carbons (Fsp3) is 0.273. The zero-order chi connectivity index (χ0) is 10.6. The van der Waals surface area contributed by atoms with Gasteiger partial charge in [-0.2, -0.15) is 0 Å². The second-order valence-corrected chi connectivity index (χ2v) is 2.94. The summed E-state index contributed by atoms with van der Waals surface area (Å²) in [7, 11) is 1.48. The van der Waals surface area contributed by atoms with Gasteiger partial charge in [0.25, 0.3) is 0 Å². The van der Waals surface area contributed by atoms with Gasteiger partial charge >= 0.3 is 0 Å². The van der Waals surface area contributed by atoms with E-state index in [-0.39, 0.29) is 11.9 Å². The summed E-state index contributed by atoms with van der Waals surface area (Å²) >= 11 is 0. The summed E-state index contributed by atoms with van der Waals surface area (Å²) in [4.78, 5) is 0. The number of hydrogen-bond acceptors (Lipinski definition) is 2. The summed E-state index contributed by atoms with van der Waals surface area (Å²) in [5, 5.41) is 0. The number of benzene rings is 1. The molecule has 1 atom stereocenters. The van der Waals surface area contributed by atoms with E-state index in [1.165, 1.54) is 19.2 Å². The van der Waals surface area contributed by atoms with Crippen molar-refractivity contribution in [3.63, 3.8) is 0 Å². The molecular weight excluding hydrogens is 181 g/mol. The van der Waals surface area contributed by atoms with Crippen molar-refractivity contribution in [2.24, 2.45) is 5.73 Å².